The van der Waals surface area contributed by atoms with Gasteiger partial charge in [0.1, 0.15) is 16.4 Å². The van der Waals surface area contributed by atoms with Crippen molar-refractivity contribution in [3.8, 4) is 11.3 Å². The second kappa shape index (κ2) is 6.85. The van der Waals surface area contributed by atoms with Crippen molar-refractivity contribution in [3.05, 3.63) is 69.3 Å². The van der Waals surface area contributed by atoms with Crippen LogP contribution in [0, 0.1) is 0 Å². The van der Waals surface area contributed by atoms with Crippen molar-refractivity contribution in [1.29, 1.82) is 0 Å². The zero-order chi connectivity index (χ0) is 17.3. The van der Waals surface area contributed by atoms with E-state index in [0.717, 1.165) is 5.56 Å². The number of aryl methyl sites for hydroxylation is 1. The van der Waals surface area contributed by atoms with Gasteiger partial charge in [0.2, 0.25) is 0 Å². The van der Waals surface area contributed by atoms with Gasteiger partial charge in [0.05, 0.1) is 10.0 Å². The first-order valence-electron chi connectivity index (χ1n) is 7.01. The quantitative estimate of drug-likeness (QED) is 0.670. The molecule has 0 spiro atoms. The van der Waals surface area contributed by atoms with Gasteiger partial charge >= 0.3 is 0 Å². The third-order valence-corrected chi connectivity index (χ3v) is 4.60. The van der Waals surface area contributed by atoms with Crippen LogP contribution in [0.1, 0.15) is 10.4 Å². The lowest BCUT2D eigenvalue weighted by Crippen LogP contribution is -2.13. The fourth-order valence-corrected chi connectivity index (χ4v) is 2.78. The van der Waals surface area contributed by atoms with Gasteiger partial charge in [-0.05, 0) is 18.2 Å². The summed E-state index contributed by atoms with van der Waals surface area (Å²) < 4.78 is 1.47. The van der Waals surface area contributed by atoms with Gasteiger partial charge in [0, 0.05) is 18.3 Å². The molecule has 1 N–H and O–H groups in total. The summed E-state index contributed by atoms with van der Waals surface area (Å²) in [5.74, 6) is -0.370. The summed E-state index contributed by atoms with van der Waals surface area (Å²) in [5.41, 5.74) is 2.14. The molecule has 0 saturated carbocycles. The largest absolute Gasteiger partial charge is 0.322 e. The van der Waals surface area contributed by atoms with Crippen molar-refractivity contribution >= 4 is 46.4 Å². The number of carbonyl (C=O) groups is 1. The smallest absolute Gasteiger partial charge is 0.261 e. The molecule has 122 valence electrons. The molecule has 0 fully saturated rings. The van der Waals surface area contributed by atoms with Crippen molar-refractivity contribution in [2.24, 2.45) is 7.05 Å². The van der Waals surface area contributed by atoms with E-state index in [9.17, 15) is 4.79 Å². The molecule has 0 bridgehead atoms. The minimum absolute atomic E-state index is 0.256. The number of rotatable bonds is 3. The zero-order valence-corrected chi connectivity index (χ0v) is 14.8. The molecule has 7 heteroatoms. The third kappa shape index (κ3) is 3.26. The van der Waals surface area contributed by atoms with Gasteiger partial charge in [-0.2, -0.15) is 5.10 Å². The summed E-state index contributed by atoms with van der Waals surface area (Å²) in [4.78, 5) is 12.7. The molecule has 0 radical (unpaired) electrons. The first-order chi connectivity index (χ1) is 11.5. The highest BCUT2D eigenvalue weighted by Crippen LogP contribution is 2.30. The third-order valence-electron chi connectivity index (χ3n) is 3.43. The first-order valence-corrected chi connectivity index (χ1v) is 8.15. The number of nitrogens with one attached hydrogen (secondary N) is 1. The fraction of sp³-hybridized carbons (Fsp3) is 0.0588. The molecule has 1 amide bonds. The maximum Gasteiger partial charge on any atom is 0.261 e. The summed E-state index contributed by atoms with van der Waals surface area (Å²) in [6.45, 7) is 0. The summed E-state index contributed by atoms with van der Waals surface area (Å²) in [6.07, 6.45) is 0. The van der Waals surface area contributed by atoms with Crippen LogP contribution in [0.3, 0.4) is 0 Å². The molecule has 1 heterocycles. The standard InChI is InChI=1S/C17H12Cl3N3O/c1-23-16(20)14(15(22-23)10-5-3-2-4-6-10)17(24)21-11-7-8-12(18)13(19)9-11/h2-9H,1H3,(H,21,24). The van der Waals surface area contributed by atoms with Gasteiger partial charge in [-0.25, -0.2) is 0 Å². The average molecular weight is 381 g/mol. The molecule has 0 atom stereocenters. The highest BCUT2D eigenvalue weighted by molar-refractivity contribution is 6.42. The Hall–Kier alpha value is -2.01. The second-order valence-electron chi connectivity index (χ2n) is 5.09. The van der Waals surface area contributed by atoms with Crippen molar-refractivity contribution in [1.82, 2.24) is 9.78 Å². The Labute approximate surface area is 154 Å². The van der Waals surface area contributed by atoms with E-state index in [1.807, 2.05) is 30.3 Å². The highest BCUT2D eigenvalue weighted by Gasteiger charge is 2.22. The normalized spacial score (nSPS) is 10.7. The predicted octanol–water partition coefficient (Wildman–Crippen LogP) is 5.30. The van der Waals surface area contributed by atoms with Gasteiger partial charge in [-0.15, -0.1) is 0 Å². The molecular formula is C17H12Cl3N3O. The second-order valence-corrected chi connectivity index (χ2v) is 6.26. The van der Waals surface area contributed by atoms with Gasteiger partial charge in [-0.3, -0.25) is 9.48 Å². The molecule has 0 saturated heterocycles. The molecule has 0 aliphatic heterocycles. The number of halogens is 3. The lowest BCUT2D eigenvalue weighted by molar-refractivity contribution is 0.102. The predicted molar refractivity (Wildman–Crippen MR) is 98.1 cm³/mol. The fourth-order valence-electron chi connectivity index (χ4n) is 2.27. The molecular weight excluding hydrogens is 369 g/mol. The zero-order valence-electron chi connectivity index (χ0n) is 12.6. The van der Waals surface area contributed by atoms with Gasteiger partial charge in [0.15, 0.2) is 0 Å². The number of amides is 1. The van der Waals surface area contributed by atoms with Crippen molar-refractivity contribution in [2.75, 3.05) is 5.32 Å². The topological polar surface area (TPSA) is 46.9 Å². The van der Waals surface area contributed by atoms with Crippen molar-refractivity contribution < 1.29 is 4.79 Å². The van der Waals surface area contributed by atoms with Gasteiger partial charge in [-0.1, -0.05) is 65.1 Å². The van der Waals surface area contributed by atoms with E-state index in [1.165, 1.54) is 4.68 Å². The maximum atomic E-state index is 12.7. The molecule has 3 rings (SSSR count). The minimum Gasteiger partial charge on any atom is -0.322 e. The van der Waals surface area contributed by atoms with E-state index >= 15 is 0 Å². The lowest BCUT2D eigenvalue weighted by Gasteiger charge is -2.07. The van der Waals surface area contributed by atoms with E-state index < -0.39 is 0 Å². The number of hydrogen-bond acceptors (Lipinski definition) is 2. The average Bonchev–Trinajstić information content (AvgIpc) is 2.87. The van der Waals surface area contributed by atoms with Crippen LogP contribution in [0.4, 0.5) is 5.69 Å². The summed E-state index contributed by atoms with van der Waals surface area (Å²) >= 11 is 18.1. The molecule has 2 aromatic carbocycles. The van der Waals surface area contributed by atoms with Gasteiger partial charge < -0.3 is 5.32 Å². The summed E-state index contributed by atoms with van der Waals surface area (Å²) in [5, 5.41) is 8.15. The van der Waals surface area contributed by atoms with E-state index in [-0.39, 0.29) is 11.1 Å². The Morgan fingerprint density at radius 2 is 1.75 bits per heavy atom. The van der Waals surface area contributed by atoms with Crippen molar-refractivity contribution in [2.45, 2.75) is 0 Å². The Bertz CT molecular complexity index is 907. The number of aromatic nitrogens is 2. The molecule has 24 heavy (non-hydrogen) atoms. The number of carbonyl (C=O) groups excluding carboxylic acids is 1. The Balaban J connectivity index is 1.99. The van der Waals surface area contributed by atoms with Crippen LogP contribution in [0.5, 0.6) is 0 Å². The van der Waals surface area contributed by atoms with Crippen LogP contribution >= 0.6 is 34.8 Å². The molecule has 3 aromatic rings. The van der Waals surface area contributed by atoms with Crippen LogP contribution in [-0.2, 0) is 7.05 Å². The van der Waals surface area contributed by atoms with Crippen LogP contribution in [-0.4, -0.2) is 15.7 Å². The van der Waals surface area contributed by atoms with Gasteiger partial charge in [0.25, 0.3) is 5.91 Å². The van der Waals surface area contributed by atoms with Crippen LogP contribution in [0.2, 0.25) is 15.2 Å². The maximum absolute atomic E-state index is 12.7. The number of hydrogen-bond donors (Lipinski definition) is 1. The summed E-state index contributed by atoms with van der Waals surface area (Å²) in [7, 11) is 1.69. The number of nitrogens with zero attached hydrogens (tertiary/aromatic N) is 2. The molecule has 0 aliphatic rings. The minimum atomic E-state index is -0.370. The van der Waals surface area contributed by atoms with Crippen LogP contribution in [0.25, 0.3) is 11.3 Å². The van der Waals surface area contributed by atoms with E-state index in [2.05, 4.69) is 10.4 Å². The van der Waals surface area contributed by atoms with E-state index in [1.54, 1.807) is 25.2 Å². The molecule has 1 aromatic heterocycles. The van der Waals surface area contributed by atoms with Crippen LogP contribution in [0.15, 0.2) is 48.5 Å². The van der Waals surface area contributed by atoms with Crippen molar-refractivity contribution in [3.63, 3.8) is 0 Å². The number of anilines is 1. The highest BCUT2D eigenvalue weighted by atomic mass is 35.5. The van der Waals surface area contributed by atoms with E-state index in [4.69, 9.17) is 34.8 Å². The van der Waals surface area contributed by atoms with Crippen LogP contribution < -0.4 is 5.32 Å². The number of benzene rings is 2. The SMILES string of the molecule is Cn1nc(-c2ccccc2)c(C(=O)Nc2ccc(Cl)c(Cl)c2)c1Cl. The Kier molecular flexibility index (Phi) is 4.81. The lowest BCUT2D eigenvalue weighted by atomic mass is 10.1. The van der Waals surface area contributed by atoms with E-state index in [0.29, 0.717) is 27.0 Å². The molecule has 0 unspecified atom stereocenters. The summed E-state index contributed by atoms with van der Waals surface area (Å²) in [6, 6.07) is 14.2. The molecule has 0 aliphatic carbocycles. The Morgan fingerprint density at radius 3 is 2.42 bits per heavy atom. The first kappa shape index (κ1) is 16.8. The molecule has 4 nitrogen and oxygen atoms in total. The monoisotopic (exact) mass is 379 g/mol. The Morgan fingerprint density at radius 1 is 1.04 bits per heavy atom.